The third-order valence-electron chi connectivity index (χ3n) is 4.47. The molecule has 2 heterocycles. The molecule has 0 aliphatic carbocycles. The van der Waals surface area contributed by atoms with E-state index >= 15 is 0 Å². The summed E-state index contributed by atoms with van der Waals surface area (Å²) in [6, 6.07) is 11.6. The van der Waals surface area contributed by atoms with Gasteiger partial charge in [0.25, 0.3) is 0 Å². The third kappa shape index (κ3) is 3.82. The Balaban J connectivity index is 1.47. The van der Waals surface area contributed by atoms with E-state index in [9.17, 15) is 9.18 Å². The topological polar surface area (TPSA) is 59.2 Å². The SMILES string of the molecule is O=C1CC(c2nc(-c3ccc(Cl)cc3)no2)CN1Cc1ccc(F)c(Cl)c1. The van der Waals surface area contributed by atoms with Crippen molar-refractivity contribution in [1.82, 2.24) is 15.0 Å². The van der Waals surface area contributed by atoms with E-state index in [2.05, 4.69) is 10.1 Å². The molecule has 1 fully saturated rings. The van der Waals surface area contributed by atoms with E-state index in [-0.39, 0.29) is 23.3 Å². The van der Waals surface area contributed by atoms with Gasteiger partial charge in [-0.25, -0.2) is 4.39 Å². The molecule has 27 heavy (non-hydrogen) atoms. The second kappa shape index (κ2) is 7.29. The summed E-state index contributed by atoms with van der Waals surface area (Å²) in [4.78, 5) is 18.4. The maximum absolute atomic E-state index is 13.3. The molecule has 1 aliphatic heterocycles. The van der Waals surface area contributed by atoms with Crippen molar-refractivity contribution in [3.63, 3.8) is 0 Å². The van der Waals surface area contributed by atoms with Gasteiger partial charge in [-0.15, -0.1) is 0 Å². The Morgan fingerprint density at radius 1 is 1.19 bits per heavy atom. The lowest BCUT2D eigenvalue weighted by Crippen LogP contribution is -2.24. The monoisotopic (exact) mass is 405 g/mol. The molecule has 2 aromatic carbocycles. The minimum atomic E-state index is -0.480. The highest BCUT2D eigenvalue weighted by molar-refractivity contribution is 6.31. The maximum atomic E-state index is 13.3. The number of rotatable bonds is 4. The van der Waals surface area contributed by atoms with Gasteiger partial charge in [-0.2, -0.15) is 4.98 Å². The molecule has 0 saturated carbocycles. The molecular weight excluding hydrogens is 392 g/mol. The smallest absolute Gasteiger partial charge is 0.232 e. The molecule has 138 valence electrons. The van der Waals surface area contributed by atoms with Crippen LogP contribution >= 0.6 is 23.2 Å². The second-order valence-corrected chi connectivity index (χ2v) is 7.23. The van der Waals surface area contributed by atoms with Gasteiger partial charge < -0.3 is 9.42 Å². The highest BCUT2D eigenvalue weighted by atomic mass is 35.5. The number of hydrogen-bond donors (Lipinski definition) is 0. The van der Waals surface area contributed by atoms with Crippen LogP contribution in [0.15, 0.2) is 47.0 Å². The molecule has 1 amide bonds. The molecule has 1 saturated heterocycles. The number of amides is 1. The zero-order valence-electron chi connectivity index (χ0n) is 14.0. The molecule has 0 spiro atoms. The largest absolute Gasteiger partial charge is 0.339 e. The first-order chi connectivity index (χ1) is 13.0. The molecule has 1 unspecified atom stereocenters. The normalized spacial score (nSPS) is 16.9. The zero-order valence-corrected chi connectivity index (χ0v) is 15.5. The Bertz CT molecular complexity index is 991. The van der Waals surface area contributed by atoms with Crippen molar-refractivity contribution in [2.24, 2.45) is 0 Å². The molecule has 1 atom stereocenters. The van der Waals surface area contributed by atoms with Gasteiger partial charge in [-0.3, -0.25) is 4.79 Å². The average molecular weight is 406 g/mol. The van der Waals surface area contributed by atoms with E-state index in [1.165, 1.54) is 12.1 Å². The van der Waals surface area contributed by atoms with Crippen molar-refractivity contribution in [1.29, 1.82) is 0 Å². The number of likely N-dealkylation sites (tertiary alicyclic amines) is 1. The van der Waals surface area contributed by atoms with Crippen molar-refractivity contribution in [3.05, 3.63) is 69.8 Å². The minimum absolute atomic E-state index is 0.0216. The molecule has 4 rings (SSSR count). The average Bonchev–Trinajstić information content (AvgIpc) is 3.26. The summed E-state index contributed by atoms with van der Waals surface area (Å²) < 4.78 is 18.7. The summed E-state index contributed by atoms with van der Waals surface area (Å²) in [5.41, 5.74) is 1.55. The summed E-state index contributed by atoms with van der Waals surface area (Å²) >= 11 is 11.7. The van der Waals surface area contributed by atoms with Crippen LogP contribution in [0.2, 0.25) is 10.0 Å². The zero-order chi connectivity index (χ0) is 19.0. The number of carbonyl (C=O) groups is 1. The predicted octanol–water partition coefficient (Wildman–Crippen LogP) is 4.70. The molecule has 5 nitrogen and oxygen atoms in total. The fourth-order valence-electron chi connectivity index (χ4n) is 3.07. The highest BCUT2D eigenvalue weighted by Crippen LogP contribution is 2.30. The first kappa shape index (κ1) is 17.9. The Kier molecular flexibility index (Phi) is 4.85. The van der Waals surface area contributed by atoms with Crippen molar-refractivity contribution >= 4 is 29.1 Å². The van der Waals surface area contributed by atoms with Gasteiger partial charge >= 0.3 is 0 Å². The van der Waals surface area contributed by atoms with Crippen LogP contribution in [0.5, 0.6) is 0 Å². The predicted molar refractivity (Wildman–Crippen MR) is 98.9 cm³/mol. The van der Waals surface area contributed by atoms with Crippen molar-refractivity contribution in [3.8, 4) is 11.4 Å². The van der Waals surface area contributed by atoms with Crippen LogP contribution in [0.25, 0.3) is 11.4 Å². The molecule has 0 bridgehead atoms. The summed E-state index contributed by atoms with van der Waals surface area (Å²) in [5, 5.41) is 4.67. The van der Waals surface area contributed by atoms with Crippen LogP contribution in [0.4, 0.5) is 4.39 Å². The van der Waals surface area contributed by atoms with E-state index in [0.717, 1.165) is 11.1 Å². The number of halogens is 3. The lowest BCUT2D eigenvalue weighted by atomic mass is 10.1. The first-order valence-corrected chi connectivity index (χ1v) is 9.06. The Hall–Kier alpha value is -2.44. The maximum Gasteiger partial charge on any atom is 0.232 e. The van der Waals surface area contributed by atoms with Crippen LogP contribution in [-0.2, 0) is 11.3 Å². The summed E-state index contributed by atoms with van der Waals surface area (Å²) in [5.74, 6) is 0.200. The van der Waals surface area contributed by atoms with Gasteiger partial charge in [0.2, 0.25) is 17.6 Å². The Morgan fingerprint density at radius 3 is 2.70 bits per heavy atom. The lowest BCUT2D eigenvalue weighted by molar-refractivity contribution is -0.128. The standard InChI is InChI=1S/C19H14Cl2FN3O2/c20-14-4-2-12(3-5-14)18-23-19(27-24-18)13-8-17(26)25(10-13)9-11-1-6-16(22)15(21)7-11/h1-7,13H,8-10H2. The number of hydrogen-bond acceptors (Lipinski definition) is 4. The van der Waals surface area contributed by atoms with Gasteiger partial charge in [-0.1, -0.05) is 34.4 Å². The van der Waals surface area contributed by atoms with Crippen LogP contribution in [0, 0.1) is 5.82 Å². The van der Waals surface area contributed by atoms with Crippen LogP contribution in [-0.4, -0.2) is 27.5 Å². The Morgan fingerprint density at radius 2 is 1.96 bits per heavy atom. The number of nitrogens with zero attached hydrogens (tertiary/aromatic N) is 3. The molecule has 3 aromatic rings. The summed E-state index contributed by atoms with van der Waals surface area (Å²) in [7, 11) is 0. The molecule has 1 aromatic heterocycles. The van der Waals surface area contributed by atoms with Crippen LogP contribution in [0.3, 0.4) is 0 Å². The van der Waals surface area contributed by atoms with Crippen molar-refractivity contribution < 1.29 is 13.7 Å². The second-order valence-electron chi connectivity index (χ2n) is 6.39. The summed E-state index contributed by atoms with van der Waals surface area (Å²) in [6.45, 7) is 0.809. The number of carbonyl (C=O) groups excluding carboxylic acids is 1. The quantitative estimate of drug-likeness (QED) is 0.631. The van der Waals surface area contributed by atoms with Crippen LogP contribution in [0.1, 0.15) is 23.8 Å². The van der Waals surface area contributed by atoms with Crippen molar-refractivity contribution in [2.45, 2.75) is 18.9 Å². The Labute approximate surface area is 164 Å². The highest BCUT2D eigenvalue weighted by Gasteiger charge is 2.34. The van der Waals surface area contributed by atoms with Gasteiger partial charge in [0, 0.05) is 30.1 Å². The van der Waals surface area contributed by atoms with Crippen molar-refractivity contribution in [2.75, 3.05) is 6.54 Å². The first-order valence-electron chi connectivity index (χ1n) is 8.31. The van der Waals surface area contributed by atoms with Gasteiger partial charge in [0.15, 0.2) is 0 Å². The van der Waals surface area contributed by atoms with Gasteiger partial charge in [0.1, 0.15) is 5.82 Å². The fraction of sp³-hybridized carbons (Fsp3) is 0.211. The van der Waals surface area contributed by atoms with Gasteiger partial charge in [0.05, 0.1) is 10.9 Å². The lowest BCUT2D eigenvalue weighted by Gasteiger charge is -2.16. The van der Waals surface area contributed by atoms with Gasteiger partial charge in [-0.05, 0) is 42.0 Å². The molecule has 1 aliphatic rings. The minimum Gasteiger partial charge on any atom is -0.339 e. The van der Waals surface area contributed by atoms with E-state index in [1.54, 1.807) is 35.2 Å². The number of aromatic nitrogens is 2. The summed E-state index contributed by atoms with van der Waals surface area (Å²) in [6.07, 6.45) is 0.289. The molecule has 0 N–H and O–H groups in total. The molecule has 0 radical (unpaired) electrons. The van der Waals surface area contributed by atoms with E-state index in [4.69, 9.17) is 27.7 Å². The molecular formula is C19H14Cl2FN3O2. The van der Waals surface area contributed by atoms with E-state index in [0.29, 0.717) is 29.8 Å². The van der Waals surface area contributed by atoms with E-state index < -0.39 is 5.82 Å². The fourth-order valence-corrected chi connectivity index (χ4v) is 3.40. The van der Waals surface area contributed by atoms with E-state index in [1.807, 2.05) is 0 Å². The molecule has 8 heteroatoms. The van der Waals surface area contributed by atoms with Crippen LogP contribution < -0.4 is 0 Å². The number of benzene rings is 2. The third-order valence-corrected chi connectivity index (χ3v) is 5.01.